The van der Waals surface area contributed by atoms with E-state index in [-0.39, 0.29) is 23.7 Å². The van der Waals surface area contributed by atoms with Crippen molar-refractivity contribution in [3.05, 3.63) is 70.2 Å². The number of aromatic hydroxyl groups is 1. The first-order chi connectivity index (χ1) is 16.8. The summed E-state index contributed by atoms with van der Waals surface area (Å²) in [6.07, 6.45) is 4.47. The van der Waals surface area contributed by atoms with Crippen LogP contribution in [-0.2, 0) is 23.1 Å². The number of phenolic OH excluding ortho intramolecular Hbond substituents is 1. The third kappa shape index (κ3) is 3.11. The first kappa shape index (κ1) is 23.1. The van der Waals surface area contributed by atoms with Gasteiger partial charge in [-0.15, -0.1) is 6.58 Å². The largest absolute Gasteiger partial charge is 0.504 e. The van der Waals surface area contributed by atoms with Crippen molar-refractivity contribution >= 4 is 21.8 Å². The maximum Gasteiger partial charge on any atom is 0.227 e. The number of benzene rings is 2. The number of likely N-dealkylation sites (N-methyl/N-ethyl adjacent to an activating group) is 1. The molecule has 1 amide bonds. The molecule has 0 aromatic heterocycles. The van der Waals surface area contributed by atoms with Crippen LogP contribution >= 0.6 is 15.9 Å². The van der Waals surface area contributed by atoms with E-state index in [1.54, 1.807) is 6.07 Å². The zero-order chi connectivity index (χ0) is 24.5. The van der Waals surface area contributed by atoms with Crippen molar-refractivity contribution in [2.45, 2.75) is 61.3 Å². The number of phenols is 1. The molecule has 2 aliphatic carbocycles. The number of piperidine rings is 1. The van der Waals surface area contributed by atoms with E-state index in [1.165, 1.54) is 0 Å². The van der Waals surface area contributed by atoms with Crippen LogP contribution in [0, 0.1) is 0 Å². The highest BCUT2D eigenvalue weighted by atomic mass is 79.9. The van der Waals surface area contributed by atoms with Gasteiger partial charge in [0.1, 0.15) is 6.10 Å². The van der Waals surface area contributed by atoms with Crippen molar-refractivity contribution < 1.29 is 19.7 Å². The van der Waals surface area contributed by atoms with Crippen molar-refractivity contribution in [2.75, 3.05) is 20.1 Å². The lowest BCUT2D eigenvalue weighted by atomic mass is 9.48. The number of hydrogen-bond acceptors (Lipinski definition) is 5. The third-order valence-corrected chi connectivity index (χ3v) is 9.59. The second-order valence-electron chi connectivity index (χ2n) is 10.5. The predicted molar refractivity (Wildman–Crippen MR) is 137 cm³/mol. The third-order valence-electron chi connectivity index (χ3n) is 9.06. The summed E-state index contributed by atoms with van der Waals surface area (Å²) in [6.45, 7) is 5.47. The van der Waals surface area contributed by atoms with E-state index in [2.05, 4.69) is 27.4 Å². The SMILES string of the molecule is C=CCN1CC[C@]23c4c5ccc(O)c4OC2C(N(C)C(=O)Cc2ccc(Br)cc2)CC[C@@]3(O)[C@H]1C5. The quantitative estimate of drug-likeness (QED) is 0.569. The van der Waals surface area contributed by atoms with Gasteiger partial charge in [-0.25, -0.2) is 0 Å². The maximum absolute atomic E-state index is 13.4. The number of hydrogen-bond donors (Lipinski definition) is 2. The lowest BCUT2D eigenvalue weighted by molar-refractivity contribution is -0.198. The summed E-state index contributed by atoms with van der Waals surface area (Å²) in [5, 5.41) is 23.2. The standard InChI is InChI=1S/C28H31BrN2O4/c1-3-13-31-14-12-27-24-18-6-9-21(32)25(24)35-26(27)20(10-11-28(27,34)22(31)16-18)30(2)23(33)15-17-4-7-19(29)8-5-17/h3-9,20,22,26,32,34H,1,10-16H2,2H3/t20?,22-,26?,27+,28-/m1/s1. The molecule has 2 N–H and O–H groups in total. The van der Waals surface area contributed by atoms with Gasteiger partial charge in [-0.05, 0) is 61.6 Å². The van der Waals surface area contributed by atoms with Crippen LogP contribution in [0.3, 0.4) is 0 Å². The van der Waals surface area contributed by atoms with Crippen molar-refractivity contribution in [3.8, 4) is 11.5 Å². The molecule has 1 saturated carbocycles. The van der Waals surface area contributed by atoms with Gasteiger partial charge < -0.3 is 19.8 Å². The van der Waals surface area contributed by atoms with E-state index in [1.807, 2.05) is 48.4 Å². The predicted octanol–water partition coefficient (Wildman–Crippen LogP) is 3.56. The number of rotatable bonds is 5. The maximum atomic E-state index is 13.4. The minimum absolute atomic E-state index is 0.0274. The van der Waals surface area contributed by atoms with E-state index < -0.39 is 17.1 Å². The Balaban J connectivity index is 1.39. The second-order valence-corrected chi connectivity index (χ2v) is 11.5. The van der Waals surface area contributed by atoms with Crippen LogP contribution < -0.4 is 4.74 Å². The number of nitrogens with zero attached hydrogens (tertiary/aromatic N) is 2. The molecule has 2 fully saturated rings. The first-order valence-corrected chi connectivity index (χ1v) is 13.2. The van der Waals surface area contributed by atoms with E-state index in [0.29, 0.717) is 37.9 Å². The highest BCUT2D eigenvalue weighted by Gasteiger charge is 2.73. The van der Waals surface area contributed by atoms with Crippen molar-refractivity contribution in [1.82, 2.24) is 9.80 Å². The zero-order valence-electron chi connectivity index (χ0n) is 19.9. The molecular weight excluding hydrogens is 508 g/mol. The summed E-state index contributed by atoms with van der Waals surface area (Å²) in [6, 6.07) is 11.3. The van der Waals surface area contributed by atoms with Gasteiger partial charge >= 0.3 is 0 Å². The van der Waals surface area contributed by atoms with E-state index in [9.17, 15) is 15.0 Å². The Morgan fingerprint density at radius 3 is 2.80 bits per heavy atom. The van der Waals surface area contributed by atoms with E-state index in [4.69, 9.17) is 4.74 Å². The molecule has 2 bridgehead atoms. The lowest BCUT2D eigenvalue weighted by Gasteiger charge is -2.64. The van der Waals surface area contributed by atoms with Gasteiger partial charge in [0.25, 0.3) is 0 Å². The normalized spacial score (nSPS) is 32.5. The average molecular weight is 539 g/mol. The Morgan fingerprint density at radius 1 is 1.29 bits per heavy atom. The van der Waals surface area contributed by atoms with Crippen LogP contribution in [0.5, 0.6) is 11.5 Å². The van der Waals surface area contributed by atoms with Gasteiger partial charge in [-0.1, -0.05) is 40.2 Å². The first-order valence-electron chi connectivity index (χ1n) is 12.4. The molecule has 1 saturated heterocycles. The summed E-state index contributed by atoms with van der Waals surface area (Å²) >= 11 is 3.45. The van der Waals surface area contributed by atoms with Gasteiger partial charge in [0.2, 0.25) is 5.91 Å². The van der Waals surface area contributed by atoms with Gasteiger partial charge in [0.15, 0.2) is 11.5 Å². The molecule has 5 atom stereocenters. The van der Waals surface area contributed by atoms with Crippen LogP contribution in [0.4, 0.5) is 0 Å². The molecule has 184 valence electrons. The molecular formula is C28H31BrN2O4. The molecule has 2 aromatic carbocycles. The van der Waals surface area contributed by atoms with Gasteiger partial charge in [0, 0.05) is 29.7 Å². The number of amides is 1. The number of carbonyl (C=O) groups is 1. The van der Waals surface area contributed by atoms with Crippen molar-refractivity contribution in [1.29, 1.82) is 0 Å². The summed E-state index contributed by atoms with van der Waals surface area (Å²) in [4.78, 5) is 17.6. The van der Waals surface area contributed by atoms with Crippen molar-refractivity contribution in [3.63, 3.8) is 0 Å². The topological polar surface area (TPSA) is 73.2 Å². The molecule has 6 nitrogen and oxygen atoms in total. The number of carbonyl (C=O) groups excluding carboxylic acids is 1. The van der Waals surface area contributed by atoms with Crippen molar-refractivity contribution in [2.24, 2.45) is 0 Å². The van der Waals surface area contributed by atoms with Crippen LogP contribution in [0.25, 0.3) is 0 Å². The lowest BCUT2D eigenvalue weighted by Crippen LogP contribution is -2.78. The second kappa shape index (κ2) is 8.08. The fourth-order valence-electron chi connectivity index (χ4n) is 7.47. The van der Waals surface area contributed by atoms with Gasteiger partial charge in [-0.3, -0.25) is 9.69 Å². The summed E-state index contributed by atoms with van der Waals surface area (Å²) in [7, 11) is 1.85. The van der Waals surface area contributed by atoms with Crippen LogP contribution in [0.2, 0.25) is 0 Å². The molecule has 2 aromatic rings. The molecule has 0 radical (unpaired) electrons. The van der Waals surface area contributed by atoms with Crippen LogP contribution in [0.1, 0.15) is 36.0 Å². The van der Waals surface area contributed by atoms with Gasteiger partial charge in [-0.2, -0.15) is 0 Å². The average Bonchev–Trinajstić information content (AvgIpc) is 3.19. The van der Waals surface area contributed by atoms with Gasteiger partial charge in [0.05, 0.1) is 23.5 Å². The molecule has 2 unspecified atom stereocenters. The Labute approximate surface area is 214 Å². The Bertz CT molecular complexity index is 1200. The number of ether oxygens (including phenoxy) is 1. The fraction of sp³-hybridized carbons (Fsp3) is 0.464. The number of halogens is 1. The molecule has 7 heteroatoms. The monoisotopic (exact) mass is 538 g/mol. The Hall–Kier alpha value is -2.35. The minimum atomic E-state index is -0.989. The number of likely N-dealkylation sites (tertiary alicyclic amines) is 1. The summed E-state index contributed by atoms with van der Waals surface area (Å²) in [5.41, 5.74) is 1.43. The van der Waals surface area contributed by atoms with E-state index in [0.717, 1.165) is 34.3 Å². The Morgan fingerprint density at radius 2 is 2.06 bits per heavy atom. The zero-order valence-corrected chi connectivity index (χ0v) is 21.5. The molecule has 4 aliphatic rings. The summed E-state index contributed by atoms with van der Waals surface area (Å²) in [5.74, 6) is 0.645. The molecule has 1 spiro atoms. The fourth-order valence-corrected chi connectivity index (χ4v) is 7.74. The highest BCUT2D eigenvalue weighted by Crippen LogP contribution is 2.65. The molecule has 2 heterocycles. The smallest absolute Gasteiger partial charge is 0.227 e. The molecule has 2 aliphatic heterocycles. The van der Waals surface area contributed by atoms with Crippen LogP contribution in [0.15, 0.2) is 53.5 Å². The highest BCUT2D eigenvalue weighted by molar-refractivity contribution is 9.10. The summed E-state index contributed by atoms with van der Waals surface area (Å²) < 4.78 is 7.55. The van der Waals surface area contributed by atoms with Crippen LogP contribution in [-0.4, -0.2) is 69.8 Å². The van der Waals surface area contributed by atoms with E-state index >= 15 is 0 Å². The molecule has 35 heavy (non-hydrogen) atoms. The minimum Gasteiger partial charge on any atom is -0.504 e. The number of aliphatic hydroxyl groups is 1. The Kier molecular flexibility index (Phi) is 5.33. The molecule has 6 rings (SSSR count).